The molecule has 4 nitrogen and oxygen atoms in total. The Kier molecular flexibility index (Phi) is 2.26. The smallest absolute Gasteiger partial charge is 0.253 e. The Bertz CT molecular complexity index is 735. The monoisotopic (exact) mass is 332 g/mol. The van der Waals surface area contributed by atoms with Gasteiger partial charge in [-0.2, -0.15) is 0 Å². The van der Waals surface area contributed by atoms with Crippen molar-refractivity contribution in [1.82, 2.24) is 0 Å². The van der Waals surface area contributed by atoms with Crippen molar-refractivity contribution < 1.29 is 0 Å². The van der Waals surface area contributed by atoms with Crippen LogP contribution in [0.3, 0.4) is 0 Å². The number of rotatable bonds is 0. The molecular formula is C10H3BrCl2N2O2. The first kappa shape index (κ1) is 11.1. The van der Waals surface area contributed by atoms with Crippen LogP contribution < -0.4 is 21.5 Å². The van der Waals surface area contributed by atoms with Gasteiger partial charge in [0, 0.05) is 0 Å². The number of hydrogen-bond donors (Lipinski definition) is 2. The van der Waals surface area contributed by atoms with Crippen LogP contribution in [0.5, 0.6) is 0 Å². The molecule has 0 fully saturated rings. The highest BCUT2D eigenvalue weighted by molar-refractivity contribution is 9.10. The fraction of sp³-hybridized carbons (Fsp3) is 0. The first-order valence-electron chi connectivity index (χ1n) is 4.55. The van der Waals surface area contributed by atoms with Gasteiger partial charge in [-0.1, -0.05) is 23.2 Å². The SMILES string of the molecule is O=c1c2c(c1=O)Nc1c(cc(Cl)c(Cl)c1Br)N2. The van der Waals surface area contributed by atoms with E-state index < -0.39 is 10.9 Å². The summed E-state index contributed by atoms with van der Waals surface area (Å²) in [6.07, 6.45) is 0. The van der Waals surface area contributed by atoms with Crippen LogP contribution in [0.15, 0.2) is 20.1 Å². The third-order valence-electron chi connectivity index (χ3n) is 2.58. The minimum atomic E-state index is -0.531. The molecule has 1 heterocycles. The summed E-state index contributed by atoms with van der Waals surface area (Å²) in [7, 11) is 0. The summed E-state index contributed by atoms with van der Waals surface area (Å²) >= 11 is 15.2. The average Bonchev–Trinajstić information content (AvgIpc) is 2.34. The molecule has 3 rings (SSSR count). The fourth-order valence-electron chi connectivity index (χ4n) is 1.71. The molecule has 0 spiro atoms. The maximum atomic E-state index is 11.3. The van der Waals surface area contributed by atoms with E-state index in [2.05, 4.69) is 26.6 Å². The largest absolute Gasteiger partial charge is 0.349 e. The fourth-order valence-corrected chi connectivity index (χ4v) is 2.70. The Balaban J connectivity index is 2.23. The standard InChI is InChI=1S/C10H3BrCl2N2O2/c11-4-5(13)2(12)1-3-6(4)15-8-7(14-3)9(16)10(8)17/h1,14-15H. The van der Waals surface area contributed by atoms with Crippen LogP contribution in [0.4, 0.5) is 22.7 Å². The summed E-state index contributed by atoms with van der Waals surface area (Å²) < 4.78 is 0.549. The van der Waals surface area contributed by atoms with Crippen LogP contribution in [0.2, 0.25) is 10.0 Å². The van der Waals surface area contributed by atoms with E-state index in [0.717, 1.165) is 0 Å². The Labute approximate surface area is 113 Å². The van der Waals surface area contributed by atoms with Crippen LogP contribution in [0.25, 0.3) is 0 Å². The lowest BCUT2D eigenvalue weighted by Crippen LogP contribution is -2.37. The van der Waals surface area contributed by atoms with Gasteiger partial charge in [0.1, 0.15) is 11.4 Å². The molecule has 0 bridgehead atoms. The molecule has 0 unspecified atom stereocenters. The molecule has 0 atom stereocenters. The molecule has 1 aliphatic rings. The molecule has 2 aromatic carbocycles. The van der Waals surface area contributed by atoms with E-state index in [0.29, 0.717) is 25.9 Å². The van der Waals surface area contributed by atoms with Gasteiger partial charge >= 0.3 is 0 Å². The molecule has 2 N–H and O–H groups in total. The molecule has 0 aliphatic carbocycles. The highest BCUT2D eigenvalue weighted by Gasteiger charge is 2.28. The van der Waals surface area contributed by atoms with E-state index in [1.807, 2.05) is 0 Å². The lowest BCUT2D eigenvalue weighted by molar-refractivity contribution is 1.32. The summed E-state index contributed by atoms with van der Waals surface area (Å²) in [5.74, 6) is 0. The van der Waals surface area contributed by atoms with Crippen molar-refractivity contribution in [3.05, 3.63) is 41.0 Å². The predicted molar refractivity (Wildman–Crippen MR) is 72.1 cm³/mol. The zero-order chi connectivity index (χ0) is 12.3. The minimum Gasteiger partial charge on any atom is -0.349 e. The summed E-state index contributed by atoms with van der Waals surface area (Å²) in [4.78, 5) is 22.5. The summed E-state index contributed by atoms with van der Waals surface area (Å²) in [6, 6.07) is 1.59. The van der Waals surface area contributed by atoms with Crippen molar-refractivity contribution >= 4 is 61.9 Å². The van der Waals surface area contributed by atoms with Crippen LogP contribution in [-0.4, -0.2) is 0 Å². The van der Waals surface area contributed by atoms with Crippen molar-refractivity contribution in [2.75, 3.05) is 10.6 Å². The van der Waals surface area contributed by atoms with E-state index >= 15 is 0 Å². The van der Waals surface area contributed by atoms with Crippen molar-refractivity contribution in [1.29, 1.82) is 0 Å². The van der Waals surface area contributed by atoms with Gasteiger partial charge in [0.05, 0.1) is 25.9 Å². The van der Waals surface area contributed by atoms with E-state index in [1.165, 1.54) is 0 Å². The lowest BCUT2D eigenvalue weighted by atomic mass is 10.1. The first-order valence-corrected chi connectivity index (χ1v) is 6.10. The molecule has 7 heteroatoms. The molecule has 86 valence electrons. The van der Waals surface area contributed by atoms with Crippen LogP contribution in [0.1, 0.15) is 0 Å². The molecule has 2 aromatic rings. The number of nitrogens with one attached hydrogen (secondary N) is 2. The summed E-state index contributed by atoms with van der Waals surface area (Å²) in [6.45, 7) is 0. The molecule has 0 radical (unpaired) electrons. The molecular weight excluding hydrogens is 331 g/mol. The van der Waals surface area contributed by atoms with Gasteiger partial charge in [-0.15, -0.1) is 0 Å². The highest BCUT2D eigenvalue weighted by Crippen LogP contribution is 2.46. The molecule has 1 aliphatic heterocycles. The van der Waals surface area contributed by atoms with E-state index in [-0.39, 0.29) is 11.4 Å². The molecule has 0 saturated carbocycles. The number of anilines is 4. The summed E-state index contributed by atoms with van der Waals surface area (Å²) in [5, 5.41) is 6.43. The van der Waals surface area contributed by atoms with E-state index in [1.54, 1.807) is 6.07 Å². The molecule has 0 saturated heterocycles. The van der Waals surface area contributed by atoms with Gasteiger partial charge in [0.2, 0.25) is 0 Å². The molecule has 17 heavy (non-hydrogen) atoms. The van der Waals surface area contributed by atoms with Gasteiger partial charge in [-0.3, -0.25) is 9.59 Å². The van der Waals surface area contributed by atoms with Gasteiger partial charge in [0.25, 0.3) is 10.9 Å². The van der Waals surface area contributed by atoms with Crippen LogP contribution in [-0.2, 0) is 0 Å². The highest BCUT2D eigenvalue weighted by atomic mass is 79.9. The number of halogens is 3. The average molecular weight is 334 g/mol. The Morgan fingerprint density at radius 1 is 1.00 bits per heavy atom. The van der Waals surface area contributed by atoms with Gasteiger partial charge in [-0.05, 0) is 22.0 Å². The van der Waals surface area contributed by atoms with Crippen LogP contribution >= 0.6 is 39.1 Å². The zero-order valence-electron chi connectivity index (χ0n) is 8.03. The molecule has 0 aromatic heterocycles. The number of hydrogen-bond acceptors (Lipinski definition) is 4. The van der Waals surface area contributed by atoms with Crippen molar-refractivity contribution in [2.45, 2.75) is 0 Å². The summed E-state index contributed by atoms with van der Waals surface area (Å²) in [5.41, 5.74) is 0.677. The first-order chi connectivity index (χ1) is 8.00. The second-order valence-corrected chi connectivity index (χ2v) is 5.15. The van der Waals surface area contributed by atoms with Gasteiger partial charge in [0.15, 0.2) is 0 Å². The zero-order valence-corrected chi connectivity index (χ0v) is 11.1. The maximum Gasteiger partial charge on any atom is 0.253 e. The predicted octanol–water partition coefficient (Wildman–Crippen LogP) is 3.15. The second-order valence-electron chi connectivity index (χ2n) is 3.57. The maximum absolute atomic E-state index is 11.3. The number of benzene rings is 1. The normalized spacial score (nSPS) is 12.6. The van der Waals surface area contributed by atoms with Gasteiger partial charge in [-0.25, -0.2) is 0 Å². The van der Waals surface area contributed by atoms with Crippen molar-refractivity contribution in [2.24, 2.45) is 0 Å². The third-order valence-corrected chi connectivity index (χ3v) is 4.39. The van der Waals surface area contributed by atoms with Crippen LogP contribution in [0, 0.1) is 0 Å². The second kappa shape index (κ2) is 3.48. The topological polar surface area (TPSA) is 58.2 Å². The minimum absolute atomic E-state index is 0.265. The number of fused-ring (bicyclic) bond motifs is 2. The Morgan fingerprint density at radius 3 is 2.24 bits per heavy atom. The van der Waals surface area contributed by atoms with Gasteiger partial charge < -0.3 is 10.6 Å². The van der Waals surface area contributed by atoms with E-state index in [4.69, 9.17) is 23.2 Å². The Hall–Kier alpha value is -1.04. The molecule has 0 amide bonds. The van der Waals surface area contributed by atoms with E-state index in [9.17, 15) is 9.59 Å². The quantitative estimate of drug-likeness (QED) is 0.490. The van der Waals surface area contributed by atoms with Crippen molar-refractivity contribution in [3.63, 3.8) is 0 Å². The third kappa shape index (κ3) is 1.36. The Morgan fingerprint density at radius 2 is 1.59 bits per heavy atom. The lowest BCUT2D eigenvalue weighted by Gasteiger charge is -2.25. The van der Waals surface area contributed by atoms with Crippen molar-refractivity contribution in [3.8, 4) is 0 Å².